The summed E-state index contributed by atoms with van der Waals surface area (Å²) in [7, 11) is 0. The molecule has 0 heteroatoms. The van der Waals surface area contributed by atoms with E-state index < -0.39 is 0 Å². The molecule has 0 amide bonds. The van der Waals surface area contributed by atoms with Crippen LogP contribution in [0.15, 0.2) is 24.3 Å². The summed E-state index contributed by atoms with van der Waals surface area (Å²) >= 11 is 0. The minimum atomic E-state index is 0.270. The van der Waals surface area contributed by atoms with Crippen molar-refractivity contribution in [3.05, 3.63) is 35.4 Å². The molecule has 0 unspecified atom stereocenters. The Kier molecular flexibility index (Phi) is 3.28. The molecule has 0 aliphatic heterocycles. The number of rotatable bonds is 2. The molecule has 0 aromatic heterocycles. The first-order chi connectivity index (χ1) is 6.71. The van der Waals surface area contributed by atoms with Crippen molar-refractivity contribution in [2.24, 2.45) is 5.41 Å². The van der Waals surface area contributed by atoms with Crippen LogP contribution in [-0.4, -0.2) is 0 Å². The van der Waals surface area contributed by atoms with Crippen molar-refractivity contribution in [1.29, 1.82) is 0 Å². The minimum absolute atomic E-state index is 0.270. The standard InChI is InChI=1S/C15H24/c1-12-7-9-13(10-8-12)15(5,6)11-14(2,3)4/h7-10H,11H2,1-6H3. The van der Waals surface area contributed by atoms with Crippen LogP contribution in [0.1, 0.15) is 52.2 Å². The maximum Gasteiger partial charge on any atom is -0.00986 e. The third-order valence-electron chi connectivity index (χ3n) is 2.81. The lowest BCUT2D eigenvalue weighted by atomic mass is 9.72. The molecule has 0 atom stereocenters. The minimum Gasteiger partial charge on any atom is -0.0601 e. The summed E-state index contributed by atoms with van der Waals surface area (Å²) in [5.41, 5.74) is 3.44. The molecule has 0 N–H and O–H groups in total. The molecule has 0 bridgehead atoms. The van der Waals surface area contributed by atoms with Gasteiger partial charge in [0.2, 0.25) is 0 Å². The lowest BCUT2D eigenvalue weighted by molar-refractivity contribution is 0.284. The quantitative estimate of drug-likeness (QED) is 0.654. The molecule has 0 aliphatic carbocycles. The van der Waals surface area contributed by atoms with Crippen LogP contribution in [0.3, 0.4) is 0 Å². The van der Waals surface area contributed by atoms with Gasteiger partial charge in [-0.3, -0.25) is 0 Å². The van der Waals surface area contributed by atoms with Crippen LogP contribution in [-0.2, 0) is 5.41 Å². The number of hydrogen-bond acceptors (Lipinski definition) is 0. The average Bonchev–Trinajstić information content (AvgIpc) is 2.00. The zero-order valence-corrected chi connectivity index (χ0v) is 11.0. The third kappa shape index (κ3) is 3.70. The highest BCUT2D eigenvalue weighted by Crippen LogP contribution is 2.36. The van der Waals surface area contributed by atoms with Crippen LogP contribution in [0.2, 0.25) is 0 Å². The van der Waals surface area contributed by atoms with Crippen molar-refractivity contribution < 1.29 is 0 Å². The molecule has 1 aromatic rings. The van der Waals surface area contributed by atoms with Crippen molar-refractivity contribution in [3.8, 4) is 0 Å². The largest absolute Gasteiger partial charge is 0.0601 e. The Labute approximate surface area is 94.7 Å². The van der Waals surface area contributed by atoms with Gasteiger partial charge in [0, 0.05) is 0 Å². The summed E-state index contributed by atoms with van der Waals surface area (Å²) in [6, 6.07) is 8.95. The Hall–Kier alpha value is -0.780. The summed E-state index contributed by atoms with van der Waals surface area (Å²) in [6.45, 7) is 13.7. The van der Waals surface area contributed by atoms with Gasteiger partial charge in [0.05, 0.1) is 0 Å². The van der Waals surface area contributed by atoms with Gasteiger partial charge in [0.1, 0.15) is 0 Å². The average molecular weight is 204 g/mol. The molecule has 0 heterocycles. The van der Waals surface area contributed by atoms with Crippen LogP contribution in [0.4, 0.5) is 0 Å². The number of aryl methyl sites for hydroxylation is 1. The van der Waals surface area contributed by atoms with Gasteiger partial charge >= 0.3 is 0 Å². The molecule has 0 saturated carbocycles. The van der Waals surface area contributed by atoms with Crippen LogP contribution >= 0.6 is 0 Å². The lowest BCUT2D eigenvalue weighted by Gasteiger charge is -2.33. The highest BCUT2D eigenvalue weighted by molar-refractivity contribution is 5.27. The van der Waals surface area contributed by atoms with E-state index in [0.717, 1.165) is 0 Å². The second-order valence-electron chi connectivity index (χ2n) is 6.49. The smallest absolute Gasteiger partial charge is 0.00986 e. The van der Waals surface area contributed by atoms with Crippen molar-refractivity contribution in [3.63, 3.8) is 0 Å². The van der Waals surface area contributed by atoms with E-state index in [2.05, 4.69) is 65.8 Å². The molecule has 0 aliphatic rings. The first-order valence-corrected chi connectivity index (χ1v) is 5.78. The molecular weight excluding hydrogens is 180 g/mol. The molecule has 84 valence electrons. The normalized spacial score (nSPS) is 12.9. The third-order valence-corrected chi connectivity index (χ3v) is 2.81. The Morgan fingerprint density at radius 2 is 1.33 bits per heavy atom. The molecule has 15 heavy (non-hydrogen) atoms. The number of hydrogen-bond donors (Lipinski definition) is 0. The maximum absolute atomic E-state index is 2.34. The van der Waals surface area contributed by atoms with Crippen molar-refractivity contribution in [2.45, 2.75) is 53.4 Å². The SMILES string of the molecule is Cc1ccc(C(C)(C)CC(C)(C)C)cc1. The molecule has 0 spiro atoms. The predicted octanol–water partition coefficient (Wildman–Crippen LogP) is 4.71. The van der Waals surface area contributed by atoms with Gasteiger partial charge in [-0.15, -0.1) is 0 Å². The van der Waals surface area contributed by atoms with Gasteiger partial charge in [-0.05, 0) is 29.7 Å². The lowest BCUT2D eigenvalue weighted by Crippen LogP contribution is -2.24. The molecular formula is C15H24. The van der Waals surface area contributed by atoms with Crippen molar-refractivity contribution >= 4 is 0 Å². The zero-order chi connectivity index (χ0) is 11.7. The van der Waals surface area contributed by atoms with E-state index in [1.54, 1.807) is 0 Å². The van der Waals surface area contributed by atoms with Gasteiger partial charge in [-0.25, -0.2) is 0 Å². The summed E-state index contributed by atoms with van der Waals surface area (Å²) in [6.07, 6.45) is 1.21. The summed E-state index contributed by atoms with van der Waals surface area (Å²) in [4.78, 5) is 0. The van der Waals surface area contributed by atoms with Gasteiger partial charge in [-0.1, -0.05) is 64.4 Å². The van der Waals surface area contributed by atoms with Gasteiger partial charge in [0.25, 0.3) is 0 Å². The van der Waals surface area contributed by atoms with E-state index >= 15 is 0 Å². The van der Waals surface area contributed by atoms with Gasteiger partial charge < -0.3 is 0 Å². The molecule has 1 rings (SSSR count). The maximum atomic E-state index is 2.34. The summed E-state index contributed by atoms with van der Waals surface area (Å²) < 4.78 is 0. The van der Waals surface area contributed by atoms with E-state index in [-0.39, 0.29) is 5.41 Å². The summed E-state index contributed by atoms with van der Waals surface area (Å²) in [5, 5.41) is 0. The highest BCUT2D eigenvalue weighted by atomic mass is 14.3. The van der Waals surface area contributed by atoms with Gasteiger partial charge in [-0.2, -0.15) is 0 Å². The van der Waals surface area contributed by atoms with Crippen LogP contribution < -0.4 is 0 Å². The molecule has 1 aromatic carbocycles. The van der Waals surface area contributed by atoms with Crippen molar-refractivity contribution in [1.82, 2.24) is 0 Å². The monoisotopic (exact) mass is 204 g/mol. The first kappa shape index (κ1) is 12.3. The van der Waals surface area contributed by atoms with E-state index in [1.807, 2.05) is 0 Å². The predicted molar refractivity (Wildman–Crippen MR) is 68.3 cm³/mol. The molecule has 0 fully saturated rings. The Morgan fingerprint density at radius 1 is 0.867 bits per heavy atom. The van der Waals surface area contributed by atoms with Crippen LogP contribution in [0.25, 0.3) is 0 Å². The Balaban J connectivity index is 2.90. The van der Waals surface area contributed by atoms with E-state index in [4.69, 9.17) is 0 Å². The first-order valence-electron chi connectivity index (χ1n) is 5.78. The number of benzene rings is 1. The van der Waals surface area contributed by atoms with Crippen LogP contribution in [0, 0.1) is 12.3 Å². The zero-order valence-electron chi connectivity index (χ0n) is 11.0. The fraction of sp³-hybridized carbons (Fsp3) is 0.600. The Bertz CT molecular complexity index is 309. The molecule has 0 radical (unpaired) electrons. The second kappa shape index (κ2) is 4.00. The van der Waals surface area contributed by atoms with Crippen molar-refractivity contribution in [2.75, 3.05) is 0 Å². The summed E-state index contributed by atoms with van der Waals surface area (Å²) in [5.74, 6) is 0. The fourth-order valence-corrected chi connectivity index (χ4v) is 2.43. The topological polar surface area (TPSA) is 0 Å². The highest BCUT2D eigenvalue weighted by Gasteiger charge is 2.26. The molecule has 0 saturated heterocycles. The van der Waals surface area contributed by atoms with E-state index in [1.165, 1.54) is 17.5 Å². The van der Waals surface area contributed by atoms with E-state index in [9.17, 15) is 0 Å². The molecule has 0 nitrogen and oxygen atoms in total. The second-order valence-corrected chi connectivity index (χ2v) is 6.49. The van der Waals surface area contributed by atoms with E-state index in [0.29, 0.717) is 5.41 Å². The Morgan fingerprint density at radius 3 is 1.73 bits per heavy atom. The van der Waals surface area contributed by atoms with Gasteiger partial charge in [0.15, 0.2) is 0 Å². The van der Waals surface area contributed by atoms with Crippen LogP contribution in [0.5, 0.6) is 0 Å². The fourth-order valence-electron chi connectivity index (χ4n) is 2.43.